The van der Waals surface area contributed by atoms with Gasteiger partial charge in [0.25, 0.3) is 5.91 Å². The average Bonchev–Trinajstić information content (AvgIpc) is 2.95. The van der Waals surface area contributed by atoms with Crippen molar-refractivity contribution in [1.82, 2.24) is 15.3 Å². The van der Waals surface area contributed by atoms with Gasteiger partial charge >= 0.3 is 0 Å². The number of nitrogens with zero attached hydrogens (tertiary/aromatic N) is 2. The number of benzene rings is 1. The standard InChI is InChI=1S/C15H13N3O2/c19-15(12-2-1-6-16-9-12)17-7-5-11-3-4-14-13(8-11)18-10-20-14/h1-4,6,8-10H,5,7H2,(H,17,19). The van der Waals surface area contributed by atoms with Crippen LogP contribution < -0.4 is 5.32 Å². The number of amides is 1. The number of rotatable bonds is 4. The van der Waals surface area contributed by atoms with Gasteiger partial charge in [0.15, 0.2) is 12.0 Å². The molecule has 3 rings (SSSR count). The van der Waals surface area contributed by atoms with E-state index in [9.17, 15) is 4.79 Å². The van der Waals surface area contributed by atoms with E-state index in [1.807, 2.05) is 18.2 Å². The molecule has 0 radical (unpaired) electrons. The van der Waals surface area contributed by atoms with Crippen LogP contribution in [0.1, 0.15) is 15.9 Å². The summed E-state index contributed by atoms with van der Waals surface area (Å²) >= 11 is 0. The van der Waals surface area contributed by atoms with Crippen LogP contribution in [0.5, 0.6) is 0 Å². The fraction of sp³-hybridized carbons (Fsp3) is 0.133. The van der Waals surface area contributed by atoms with Crippen LogP contribution in [0.3, 0.4) is 0 Å². The van der Waals surface area contributed by atoms with Crippen LogP contribution >= 0.6 is 0 Å². The molecular formula is C15H13N3O2. The molecule has 1 N–H and O–H groups in total. The maximum atomic E-state index is 11.8. The Labute approximate surface area is 115 Å². The van der Waals surface area contributed by atoms with E-state index in [0.29, 0.717) is 12.1 Å². The summed E-state index contributed by atoms with van der Waals surface area (Å²) < 4.78 is 5.19. The van der Waals surface area contributed by atoms with Gasteiger partial charge in [-0.1, -0.05) is 6.07 Å². The van der Waals surface area contributed by atoms with Gasteiger partial charge in [0.1, 0.15) is 5.52 Å². The van der Waals surface area contributed by atoms with Crippen LogP contribution in [0, 0.1) is 0 Å². The van der Waals surface area contributed by atoms with E-state index >= 15 is 0 Å². The summed E-state index contributed by atoms with van der Waals surface area (Å²) in [6.45, 7) is 0.567. The van der Waals surface area contributed by atoms with Crippen LogP contribution in [-0.4, -0.2) is 22.4 Å². The van der Waals surface area contributed by atoms with E-state index in [2.05, 4.69) is 15.3 Å². The molecule has 5 nitrogen and oxygen atoms in total. The van der Waals surface area contributed by atoms with Gasteiger partial charge in [-0.25, -0.2) is 4.98 Å². The molecule has 0 atom stereocenters. The van der Waals surface area contributed by atoms with E-state index in [4.69, 9.17) is 4.42 Å². The van der Waals surface area contributed by atoms with Crippen molar-refractivity contribution in [2.75, 3.05) is 6.54 Å². The molecule has 1 amide bonds. The van der Waals surface area contributed by atoms with Crippen LogP contribution in [0.2, 0.25) is 0 Å². The van der Waals surface area contributed by atoms with Crippen molar-refractivity contribution in [3.63, 3.8) is 0 Å². The number of aromatic nitrogens is 2. The third-order valence-electron chi connectivity index (χ3n) is 3.02. The molecule has 0 aliphatic carbocycles. The molecule has 0 aliphatic heterocycles. The van der Waals surface area contributed by atoms with E-state index in [-0.39, 0.29) is 5.91 Å². The van der Waals surface area contributed by atoms with Crippen molar-refractivity contribution in [2.45, 2.75) is 6.42 Å². The van der Waals surface area contributed by atoms with Crippen LogP contribution in [-0.2, 0) is 6.42 Å². The molecule has 3 aromatic rings. The Morgan fingerprint density at radius 2 is 2.25 bits per heavy atom. The molecule has 0 aliphatic rings. The van der Waals surface area contributed by atoms with Crippen molar-refractivity contribution in [3.05, 3.63) is 60.2 Å². The van der Waals surface area contributed by atoms with Gasteiger partial charge in [-0.2, -0.15) is 0 Å². The first-order chi connectivity index (χ1) is 9.83. The molecule has 100 valence electrons. The molecule has 0 spiro atoms. The normalized spacial score (nSPS) is 10.6. The number of nitrogens with one attached hydrogen (secondary N) is 1. The highest BCUT2D eigenvalue weighted by Crippen LogP contribution is 2.14. The van der Waals surface area contributed by atoms with Gasteiger partial charge in [-0.05, 0) is 36.2 Å². The predicted octanol–water partition coefficient (Wildman–Crippen LogP) is 2.20. The molecule has 5 heteroatoms. The molecule has 0 bridgehead atoms. The lowest BCUT2D eigenvalue weighted by Gasteiger charge is -2.05. The molecule has 2 heterocycles. The molecule has 0 saturated carbocycles. The summed E-state index contributed by atoms with van der Waals surface area (Å²) in [5.74, 6) is -0.111. The number of hydrogen-bond acceptors (Lipinski definition) is 4. The third-order valence-corrected chi connectivity index (χ3v) is 3.02. The maximum absolute atomic E-state index is 11.8. The highest BCUT2D eigenvalue weighted by atomic mass is 16.3. The Kier molecular flexibility index (Phi) is 3.41. The van der Waals surface area contributed by atoms with Crippen molar-refractivity contribution >= 4 is 17.0 Å². The second-order valence-electron chi connectivity index (χ2n) is 4.40. The van der Waals surface area contributed by atoms with Crippen LogP contribution in [0.25, 0.3) is 11.1 Å². The Balaban J connectivity index is 1.58. The summed E-state index contributed by atoms with van der Waals surface area (Å²) in [6.07, 6.45) is 5.37. The highest BCUT2D eigenvalue weighted by Gasteiger charge is 2.05. The van der Waals surface area contributed by atoms with Crippen molar-refractivity contribution < 1.29 is 9.21 Å². The Morgan fingerprint density at radius 3 is 3.10 bits per heavy atom. The van der Waals surface area contributed by atoms with Gasteiger partial charge < -0.3 is 9.73 Å². The molecular weight excluding hydrogens is 254 g/mol. The minimum atomic E-state index is -0.111. The van der Waals surface area contributed by atoms with Gasteiger partial charge in [0, 0.05) is 18.9 Å². The third kappa shape index (κ3) is 2.66. The smallest absolute Gasteiger partial charge is 0.252 e. The van der Waals surface area contributed by atoms with E-state index in [1.165, 1.54) is 6.39 Å². The lowest BCUT2D eigenvalue weighted by molar-refractivity contribution is 0.0954. The first kappa shape index (κ1) is 12.3. The van der Waals surface area contributed by atoms with Crippen LogP contribution in [0.15, 0.2) is 53.5 Å². The second kappa shape index (κ2) is 5.52. The van der Waals surface area contributed by atoms with Crippen molar-refractivity contribution in [2.24, 2.45) is 0 Å². The Morgan fingerprint density at radius 1 is 1.30 bits per heavy atom. The summed E-state index contributed by atoms with van der Waals surface area (Å²) in [5.41, 5.74) is 3.28. The van der Waals surface area contributed by atoms with Gasteiger partial charge in [0.2, 0.25) is 0 Å². The summed E-state index contributed by atoms with van der Waals surface area (Å²) in [6, 6.07) is 9.32. The fourth-order valence-corrected chi connectivity index (χ4v) is 1.98. The molecule has 0 unspecified atom stereocenters. The molecule has 1 aromatic carbocycles. The number of fused-ring (bicyclic) bond motifs is 1. The monoisotopic (exact) mass is 267 g/mol. The minimum absolute atomic E-state index is 0.111. The number of pyridine rings is 1. The zero-order valence-electron chi connectivity index (χ0n) is 10.7. The Bertz CT molecular complexity index is 722. The summed E-state index contributed by atoms with van der Waals surface area (Å²) in [4.78, 5) is 19.9. The SMILES string of the molecule is O=C(NCCc1ccc2ocnc2c1)c1cccnc1. The summed E-state index contributed by atoms with van der Waals surface area (Å²) in [7, 11) is 0. The topological polar surface area (TPSA) is 68.0 Å². The molecule has 0 saturated heterocycles. The zero-order valence-corrected chi connectivity index (χ0v) is 10.7. The number of carbonyl (C=O) groups excluding carboxylic acids is 1. The van der Waals surface area contributed by atoms with Crippen molar-refractivity contribution in [1.29, 1.82) is 0 Å². The average molecular weight is 267 g/mol. The van der Waals surface area contributed by atoms with Crippen molar-refractivity contribution in [3.8, 4) is 0 Å². The maximum Gasteiger partial charge on any atom is 0.252 e. The first-order valence-corrected chi connectivity index (χ1v) is 6.33. The second-order valence-corrected chi connectivity index (χ2v) is 4.40. The highest BCUT2D eigenvalue weighted by molar-refractivity contribution is 5.93. The first-order valence-electron chi connectivity index (χ1n) is 6.33. The fourth-order valence-electron chi connectivity index (χ4n) is 1.98. The lowest BCUT2D eigenvalue weighted by atomic mass is 10.1. The zero-order chi connectivity index (χ0) is 13.8. The predicted molar refractivity (Wildman–Crippen MR) is 74.3 cm³/mol. The van der Waals surface area contributed by atoms with Crippen LogP contribution in [0.4, 0.5) is 0 Å². The van der Waals surface area contributed by atoms with E-state index < -0.39 is 0 Å². The lowest BCUT2D eigenvalue weighted by Crippen LogP contribution is -2.25. The number of carbonyl (C=O) groups is 1. The van der Waals surface area contributed by atoms with Gasteiger partial charge in [-0.15, -0.1) is 0 Å². The quantitative estimate of drug-likeness (QED) is 0.786. The molecule has 0 fully saturated rings. The molecule has 2 aromatic heterocycles. The van der Waals surface area contributed by atoms with Gasteiger partial charge in [-0.3, -0.25) is 9.78 Å². The number of hydrogen-bond donors (Lipinski definition) is 1. The summed E-state index contributed by atoms with van der Waals surface area (Å²) in [5, 5.41) is 2.87. The largest absolute Gasteiger partial charge is 0.443 e. The molecule has 20 heavy (non-hydrogen) atoms. The number of oxazole rings is 1. The van der Waals surface area contributed by atoms with E-state index in [1.54, 1.807) is 24.5 Å². The van der Waals surface area contributed by atoms with E-state index in [0.717, 1.165) is 23.1 Å². The van der Waals surface area contributed by atoms with Gasteiger partial charge in [0.05, 0.1) is 5.56 Å². The minimum Gasteiger partial charge on any atom is -0.443 e. The Hall–Kier alpha value is -2.69.